The molecule has 0 bridgehead atoms. The fourth-order valence-electron chi connectivity index (χ4n) is 3.67. The number of benzene rings is 1. The second kappa shape index (κ2) is 7.93. The molecule has 1 amide bonds. The molecule has 2 heterocycles. The molecule has 0 unspecified atom stereocenters. The topological polar surface area (TPSA) is 32.8 Å². The molecule has 1 atom stereocenters. The van der Waals surface area contributed by atoms with Crippen molar-refractivity contribution >= 4 is 5.91 Å². The van der Waals surface area contributed by atoms with E-state index < -0.39 is 0 Å². The van der Waals surface area contributed by atoms with Crippen molar-refractivity contribution in [2.45, 2.75) is 38.6 Å². The van der Waals surface area contributed by atoms with Gasteiger partial charge in [0.05, 0.1) is 13.2 Å². The first-order valence-electron chi connectivity index (χ1n) is 8.92. The van der Waals surface area contributed by atoms with Crippen LogP contribution < -0.4 is 0 Å². The molecule has 2 fully saturated rings. The Bertz CT molecular complexity index is 526. The van der Waals surface area contributed by atoms with E-state index in [0.717, 1.165) is 69.8 Å². The lowest BCUT2D eigenvalue weighted by atomic mass is 9.97. The Hall–Kier alpha value is -1.39. The van der Waals surface area contributed by atoms with Crippen LogP contribution in [0.4, 0.5) is 0 Å². The number of nitrogens with zero attached hydrogens (tertiary/aromatic N) is 2. The molecular formula is C19H28N2O2. The molecule has 126 valence electrons. The zero-order chi connectivity index (χ0) is 16.1. The second-order valence-corrected chi connectivity index (χ2v) is 6.76. The molecule has 0 N–H and O–H groups in total. The molecule has 1 aromatic rings. The lowest BCUT2D eigenvalue weighted by Gasteiger charge is -2.37. The van der Waals surface area contributed by atoms with Gasteiger partial charge in [-0.25, -0.2) is 0 Å². The maximum Gasteiger partial charge on any atom is 0.254 e. The Morgan fingerprint density at radius 3 is 2.83 bits per heavy atom. The summed E-state index contributed by atoms with van der Waals surface area (Å²) in [5.74, 6) is 0.209. The van der Waals surface area contributed by atoms with E-state index in [1.165, 1.54) is 6.42 Å². The quantitative estimate of drug-likeness (QED) is 0.856. The number of ether oxygens (including phenoxy) is 1. The highest BCUT2D eigenvalue weighted by atomic mass is 16.5. The third-order valence-corrected chi connectivity index (χ3v) is 5.04. The minimum absolute atomic E-state index is 0.209. The predicted molar refractivity (Wildman–Crippen MR) is 91.7 cm³/mol. The van der Waals surface area contributed by atoms with Crippen molar-refractivity contribution in [3.05, 3.63) is 35.4 Å². The van der Waals surface area contributed by atoms with Crippen LogP contribution in [0.1, 0.15) is 41.6 Å². The zero-order valence-electron chi connectivity index (χ0n) is 14.2. The number of carbonyl (C=O) groups excluding carboxylic acids is 1. The van der Waals surface area contributed by atoms with Crippen molar-refractivity contribution in [1.82, 2.24) is 9.80 Å². The molecule has 0 aromatic heterocycles. The summed E-state index contributed by atoms with van der Waals surface area (Å²) >= 11 is 0. The average molecular weight is 316 g/mol. The molecule has 0 spiro atoms. The van der Waals surface area contributed by atoms with Crippen molar-refractivity contribution in [1.29, 1.82) is 0 Å². The number of piperidine rings is 1. The number of rotatable bonds is 4. The molecule has 23 heavy (non-hydrogen) atoms. The first-order chi connectivity index (χ1) is 11.2. The van der Waals surface area contributed by atoms with Gasteiger partial charge in [0.15, 0.2) is 0 Å². The summed E-state index contributed by atoms with van der Waals surface area (Å²) in [4.78, 5) is 17.5. The van der Waals surface area contributed by atoms with Crippen LogP contribution in [-0.4, -0.2) is 61.1 Å². The predicted octanol–water partition coefficient (Wildman–Crippen LogP) is 2.71. The summed E-state index contributed by atoms with van der Waals surface area (Å²) in [6, 6.07) is 8.37. The summed E-state index contributed by atoms with van der Waals surface area (Å²) in [5.41, 5.74) is 1.99. The van der Waals surface area contributed by atoms with Crippen LogP contribution in [0.2, 0.25) is 0 Å². The van der Waals surface area contributed by atoms with E-state index in [9.17, 15) is 4.79 Å². The maximum atomic E-state index is 12.9. The number of hydrogen-bond acceptors (Lipinski definition) is 3. The number of aryl methyl sites for hydroxylation is 1. The molecule has 0 saturated carbocycles. The van der Waals surface area contributed by atoms with Crippen molar-refractivity contribution in [3.63, 3.8) is 0 Å². The van der Waals surface area contributed by atoms with Crippen LogP contribution in [0.5, 0.6) is 0 Å². The Labute approximate surface area is 139 Å². The van der Waals surface area contributed by atoms with Gasteiger partial charge >= 0.3 is 0 Å². The van der Waals surface area contributed by atoms with Gasteiger partial charge in [-0.2, -0.15) is 0 Å². The highest BCUT2D eigenvalue weighted by molar-refractivity contribution is 5.94. The SMILES string of the molecule is Cc1cccc(C(=O)N2CCCC[C@@H]2CCN2CCOCC2)c1. The molecule has 0 aliphatic carbocycles. The van der Waals surface area contributed by atoms with Crippen molar-refractivity contribution in [2.75, 3.05) is 39.4 Å². The van der Waals surface area contributed by atoms with Gasteiger partial charge in [0, 0.05) is 37.8 Å². The number of hydrogen-bond donors (Lipinski definition) is 0. The van der Waals surface area contributed by atoms with Gasteiger partial charge in [0.25, 0.3) is 5.91 Å². The van der Waals surface area contributed by atoms with Gasteiger partial charge in [-0.05, 0) is 44.7 Å². The molecule has 1 aromatic carbocycles. The van der Waals surface area contributed by atoms with E-state index in [-0.39, 0.29) is 5.91 Å². The van der Waals surface area contributed by atoms with Gasteiger partial charge in [-0.15, -0.1) is 0 Å². The minimum Gasteiger partial charge on any atom is -0.379 e. The van der Waals surface area contributed by atoms with Gasteiger partial charge in [0.1, 0.15) is 0 Å². The summed E-state index contributed by atoms with van der Waals surface area (Å²) in [6.45, 7) is 7.76. The monoisotopic (exact) mass is 316 g/mol. The molecule has 4 nitrogen and oxygen atoms in total. The van der Waals surface area contributed by atoms with Crippen LogP contribution in [0.15, 0.2) is 24.3 Å². The van der Waals surface area contributed by atoms with Crippen LogP contribution in [0, 0.1) is 6.92 Å². The van der Waals surface area contributed by atoms with Crippen molar-refractivity contribution in [2.24, 2.45) is 0 Å². The normalized spacial score (nSPS) is 23.0. The minimum atomic E-state index is 0.209. The number of carbonyl (C=O) groups is 1. The van der Waals surface area contributed by atoms with Gasteiger partial charge < -0.3 is 9.64 Å². The summed E-state index contributed by atoms with van der Waals surface area (Å²) in [5, 5.41) is 0. The summed E-state index contributed by atoms with van der Waals surface area (Å²) in [6.07, 6.45) is 4.59. The van der Waals surface area contributed by atoms with Crippen LogP contribution in [-0.2, 0) is 4.74 Å². The third kappa shape index (κ3) is 4.33. The smallest absolute Gasteiger partial charge is 0.254 e. The number of morpholine rings is 1. The third-order valence-electron chi connectivity index (χ3n) is 5.04. The number of amides is 1. The fraction of sp³-hybridized carbons (Fsp3) is 0.632. The molecule has 0 radical (unpaired) electrons. The first-order valence-corrected chi connectivity index (χ1v) is 8.92. The van der Waals surface area contributed by atoms with Gasteiger partial charge in [-0.3, -0.25) is 9.69 Å². The summed E-state index contributed by atoms with van der Waals surface area (Å²) < 4.78 is 5.41. The van der Waals surface area contributed by atoms with Crippen LogP contribution >= 0.6 is 0 Å². The van der Waals surface area contributed by atoms with E-state index in [1.54, 1.807) is 0 Å². The average Bonchev–Trinajstić information content (AvgIpc) is 2.60. The second-order valence-electron chi connectivity index (χ2n) is 6.76. The Kier molecular flexibility index (Phi) is 5.68. The van der Waals surface area contributed by atoms with E-state index in [2.05, 4.69) is 9.80 Å². The van der Waals surface area contributed by atoms with E-state index >= 15 is 0 Å². The van der Waals surface area contributed by atoms with E-state index in [1.807, 2.05) is 31.2 Å². The Morgan fingerprint density at radius 1 is 1.22 bits per heavy atom. The lowest BCUT2D eigenvalue weighted by molar-refractivity contribution is 0.0295. The highest BCUT2D eigenvalue weighted by Gasteiger charge is 2.27. The molecule has 3 rings (SSSR count). The fourth-order valence-corrected chi connectivity index (χ4v) is 3.67. The largest absolute Gasteiger partial charge is 0.379 e. The van der Waals surface area contributed by atoms with Crippen molar-refractivity contribution in [3.8, 4) is 0 Å². The molecule has 2 aliphatic heterocycles. The van der Waals surface area contributed by atoms with Crippen LogP contribution in [0.25, 0.3) is 0 Å². The van der Waals surface area contributed by atoms with E-state index in [0.29, 0.717) is 6.04 Å². The van der Waals surface area contributed by atoms with Gasteiger partial charge in [-0.1, -0.05) is 17.7 Å². The molecule has 2 saturated heterocycles. The van der Waals surface area contributed by atoms with E-state index in [4.69, 9.17) is 4.74 Å². The first kappa shape index (κ1) is 16.5. The zero-order valence-corrected chi connectivity index (χ0v) is 14.2. The maximum absolute atomic E-state index is 12.9. The summed E-state index contributed by atoms with van der Waals surface area (Å²) in [7, 11) is 0. The molecule has 4 heteroatoms. The Balaban J connectivity index is 1.62. The van der Waals surface area contributed by atoms with Crippen molar-refractivity contribution < 1.29 is 9.53 Å². The number of likely N-dealkylation sites (tertiary alicyclic amines) is 1. The Morgan fingerprint density at radius 2 is 2.04 bits per heavy atom. The van der Waals surface area contributed by atoms with Crippen LogP contribution in [0.3, 0.4) is 0 Å². The molecule has 2 aliphatic rings. The highest BCUT2D eigenvalue weighted by Crippen LogP contribution is 2.23. The molecular weight excluding hydrogens is 288 g/mol. The lowest BCUT2D eigenvalue weighted by Crippen LogP contribution is -2.46. The standard InChI is InChI=1S/C19H28N2O2/c1-16-5-4-6-17(15-16)19(22)21-9-3-2-7-18(21)8-10-20-11-13-23-14-12-20/h4-6,15,18H,2-3,7-14H2,1H3/t18-/m1/s1. The van der Waals surface area contributed by atoms with Gasteiger partial charge in [0.2, 0.25) is 0 Å².